The number of para-hydroxylation sites is 1. The molecular formula is C20H18O4. The van der Waals surface area contributed by atoms with E-state index in [1.54, 1.807) is 18.2 Å². The number of hydrogen-bond donors (Lipinski definition) is 1. The maximum Gasteiger partial charge on any atom is 0.344 e. The molecule has 4 heteroatoms. The minimum atomic E-state index is -1.08. The first-order valence-electron chi connectivity index (χ1n) is 7.44. The maximum absolute atomic E-state index is 12.6. The predicted molar refractivity (Wildman–Crippen MR) is 92.7 cm³/mol. The van der Waals surface area contributed by atoms with Crippen LogP contribution >= 0.6 is 0 Å². The van der Waals surface area contributed by atoms with Crippen LogP contribution in [0.2, 0.25) is 0 Å². The lowest BCUT2D eigenvalue weighted by Crippen LogP contribution is -2.12. The first-order valence-corrected chi connectivity index (χ1v) is 7.44. The molecule has 0 atom stereocenters. The van der Waals surface area contributed by atoms with E-state index in [4.69, 9.17) is 9.84 Å². The Bertz CT molecular complexity index is 816. The van der Waals surface area contributed by atoms with Crippen LogP contribution in [0.25, 0.3) is 5.57 Å². The fourth-order valence-corrected chi connectivity index (χ4v) is 2.20. The number of carbonyl (C=O) groups excluding carboxylic acids is 1. The van der Waals surface area contributed by atoms with Gasteiger partial charge in [0.25, 0.3) is 0 Å². The first-order chi connectivity index (χ1) is 11.5. The molecule has 24 heavy (non-hydrogen) atoms. The third-order valence-corrected chi connectivity index (χ3v) is 3.45. The molecule has 1 N–H and O–H groups in total. The van der Waals surface area contributed by atoms with E-state index in [0.717, 1.165) is 17.2 Å². The van der Waals surface area contributed by atoms with Crippen molar-refractivity contribution in [3.05, 3.63) is 83.4 Å². The zero-order valence-corrected chi connectivity index (χ0v) is 13.5. The van der Waals surface area contributed by atoms with Gasteiger partial charge in [0.15, 0.2) is 0 Å². The second-order valence-electron chi connectivity index (χ2n) is 5.25. The summed E-state index contributed by atoms with van der Waals surface area (Å²) in [5.74, 6) is -1.14. The number of ether oxygens (including phenoxy) is 1. The summed E-state index contributed by atoms with van der Waals surface area (Å²) < 4.78 is 5.49. The Balaban J connectivity index is 2.39. The second-order valence-corrected chi connectivity index (χ2v) is 5.25. The molecule has 0 saturated heterocycles. The Morgan fingerprint density at radius 2 is 1.58 bits per heavy atom. The minimum absolute atomic E-state index is 0.300. The molecule has 2 aromatic carbocycles. The third kappa shape index (κ3) is 4.43. The number of carboxylic acid groups (broad SMARTS) is 1. The van der Waals surface area contributed by atoms with Crippen LogP contribution in [0.5, 0.6) is 5.75 Å². The van der Waals surface area contributed by atoms with Crippen LogP contribution in [0.15, 0.2) is 66.8 Å². The molecule has 0 aromatic heterocycles. The molecule has 4 nitrogen and oxygen atoms in total. The smallest absolute Gasteiger partial charge is 0.344 e. The van der Waals surface area contributed by atoms with Crippen molar-refractivity contribution in [2.45, 2.75) is 13.8 Å². The van der Waals surface area contributed by atoms with Crippen molar-refractivity contribution in [1.82, 2.24) is 0 Å². The van der Waals surface area contributed by atoms with Crippen LogP contribution in [0.4, 0.5) is 0 Å². The van der Waals surface area contributed by atoms with Crippen LogP contribution in [-0.2, 0) is 9.59 Å². The highest BCUT2D eigenvalue weighted by Gasteiger charge is 2.16. The standard InChI is InChI=1S/C20H18O4/c1-14-8-3-5-10-16(14)17(11-7-13-19(21)22)20(23)24-18-12-6-4-9-15(18)2/h3-13H,1-2H3,(H,21,22). The Kier molecular flexibility index (Phi) is 5.68. The monoisotopic (exact) mass is 322 g/mol. The van der Waals surface area contributed by atoms with E-state index in [0.29, 0.717) is 16.9 Å². The summed E-state index contributed by atoms with van der Waals surface area (Å²) >= 11 is 0. The van der Waals surface area contributed by atoms with Gasteiger partial charge in [0.05, 0.1) is 5.57 Å². The molecule has 2 aromatic rings. The first kappa shape index (κ1) is 17.2. The predicted octanol–water partition coefficient (Wildman–Crippen LogP) is 3.93. The number of aryl methyl sites for hydroxylation is 2. The van der Waals surface area contributed by atoms with E-state index >= 15 is 0 Å². The fourth-order valence-electron chi connectivity index (χ4n) is 2.20. The Morgan fingerprint density at radius 1 is 0.958 bits per heavy atom. The molecule has 0 spiro atoms. The molecule has 0 fully saturated rings. The molecule has 0 bridgehead atoms. The number of allylic oxidation sites excluding steroid dienone is 2. The van der Waals surface area contributed by atoms with Crippen LogP contribution in [-0.4, -0.2) is 17.0 Å². The average molecular weight is 322 g/mol. The molecule has 0 unspecified atom stereocenters. The molecule has 122 valence electrons. The lowest BCUT2D eigenvalue weighted by Gasteiger charge is -2.11. The molecule has 0 aliphatic heterocycles. The van der Waals surface area contributed by atoms with Gasteiger partial charge in [0.2, 0.25) is 0 Å². The fraction of sp³-hybridized carbons (Fsp3) is 0.100. The van der Waals surface area contributed by atoms with Gasteiger partial charge in [-0.25, -0.2) is 9.59 Å². The van der Waals surface area contributed by atoms with E-state index in [9.17, 15) is 9.59 Å². The number of esters is 1. The van der Waals surface area contributed by atoms with Gasteiger partial charge < -0.3 is 9.84 Å². The van der Waals surface area contributed by atoms with Crippen molar-refractivity contribution in [2.75, 3.05) is 0 Å². The van der Waals surface area contributed by atoms with Gasteiger partial charge in [-0.2, -0.15) is 0 Å². The summed E-state index contributed by atoms with van der Waals surface area (Å²) in [4.78, 5) is 23.3. The Hall–Kier alpha value is -3.14. The summed E-state index contributed by atoms with van der Waals surface area (Å²) in [5, 5.41) is 8.73. The van der Waals surface area contributed by atoms with E-state index in [-0.39, 0.29) is 0 Å². The molecule has 0 saturated carbocycles. The van der Waals surface area contributed by atoms with Gasteiger partial charge in [0, 0.05) is 6.08 Å². The SMILES string of the molecule is Cc1ccccc1OC(=O)C(=CC=CC(=O)O)c1ccccc1C. The summed E-state index contributed by atoms with van der Waals surface area (Å²) in [5.41, 5.74) is 2.74. The largest absolute Gasteiger partial charge is 0.478 e. The van der Waals surface area contributed by atoms with Crippen molar-refractivity contribution in [3.8, 4) is 5.75 Å². The topological polar surface area (TPSA) is 63.6 Å². The van der Waals surface area contributed by atoms with Gasteiger partial charge in [-0.1, -0.05) is 48.5 Å². The molecule has 0 aliphatic carbocycles. The normalized spacial score (nSPS) is 11.5. The lowest BCUT2D eigenvalue weighted by molar-refractivity contribution is -0.131. The summed E-state index contributed by atoms with van der Waals surface area (Å²) in [6, 6.07) is 14.6. The molecule has 0 radical (unpaired) electrons. The van der Waals surface area contributed by atoms with Crippen molar-refractivity contribution >= 4 is 17.5 Å². The summed E-state index contributed by atoms with van der Waals surface area (Å²) in [6.45, 7) is 3.73. The molecule has 0 aliphatic rings. The third-order valence-electron chi connectivity index (χ3n) is 3.45. The second kappa shape index (κ2) is 7.92. The van der Waals surface area contributed by atoms with Gasteiger partial charge in [-0.15, -0.1) is 0 Å². The van der Waals surface area contributed by atoms with Crippen molar-refractivity contribution < 1.29 is 19.4 Å². The van der Waals surface area contributed by atoms with E-state index in [1.807, 2.05) is 44.2 Å². The summed E-state index contributed by atoms with van der Waals surface area (Å²) in [7, 11) is 0. The van der Waals surface area contributed by atoms with Crippen molar-refractivity contribution in [2.24, 2.45) is 0 Å². The Morgan fingerprint density at radius 3 is 2.21 bits per heavy atom. The number of hydrogen-bond acceptors (Lipinski definition) is 3. The number of aliphatic carboxylic acids is 1. The van der Waals surface area contributed by atoms with E-state index in [1.165, 1.54) is 12.2 Å². The van der Waals surface area contributed by atoms with Crippen LogP contribution in [0, 0.1) is 13.8 Å². The summed E-state index contributed by atoms with van der Waals surface area (Å²) in [6.07, 6.45) is 3.75. The molecule has 0 heterocycles. The highest BCUT2D eigenvalue weighted by atomic mass is 16.5. The number of rotatable bonds is 5. The maximum atomic E-state index is 12.6. The number of carbonyl (C=O) groups is 2. The van der Waals surface area contributed by atoms with Crippen molar-refractivity contribution in [1.29, 1.82) is 0 Å². The van der Waals surface area contributed by atoms with Crippen LogP contribution < -0.4 is 4.74 Å². The molecule has 2 rings (SSSR count). The average Bonchev–Trinajstić information content (AvgIpc) is 2.54. The number of carboxylic acids is 1. The van der Waals surface area contributed by atoms with Gasteiger partial charge >= 0.3 is 11.9 Å². The number of benzene rings is 2. The lowest BCUT2D eigenvalue weighted by atomic mass is 10.00. The van der Waals surface area contributed by atoms with E-state index < -0.39 is 11.9 Å². The van der Waals surface area contributed by atoms with E-state index in [2.05, 4.69) is 0 Å². The van der Waals surface area contributed by atoms with Gasteiger partial charge in [0.1, 0.15) is 5.75 Å². The van der Waals surface area contributed by atoms with Gasteiger partial charge in [-0.05, 0) is 42.7 Å². The highest BCUT2D eigenvalue weighted by molar-refractivity contribution is 6.18. The van der Waals surface area contributed by atoms with Crippen molar-refractivity contribution in [3.63, 3.8) is 0 Å². The zero-order chi connectivity index (χ0) is 17.5. The highest BCUT2D eigenvalue weighted by Crippen LogP contribution is 2.23. The zero-order valence-electron chi connectivity index (χ0n) is 13.5. The van der Waals surface area contributed by atoms with Gasteiger partial charge in [-0.3, -0.25) is 0 Å². The Labute approximate surface area is 140 Å². The molecule has 0 amide bonds. The van der Waals surface area contributed by atoms with Crippen LogP contribution in [0.1, 0.15) is 16.7 Å². The minimum Gasteiger partial charge on any atom is -0.478 e. The van der Waals surface area contributed by atoms with Crippen LogP contribution in [0.3, 0.4) is 0 Å². The quantitative estimate of drug-likeness (QED) is 0.392. The molecular weight excluding hydrogens is 304 g/mol.